The Morgan fingerprint density at radius 2 is 2.18 bits per heavy atom. The zero-order valence-electron chi connectivity index (χ0n) is 13.6. The highest BCUT2D eigenvalue weighted by atomic mass is 16.5. The van der Waals surface area contributed by atoms with Crippen LogP contribution in [0.15, 0.2) is 10.6 Å². The number of rotatable bonds is 10. The molecule has 7 heteroatoms. The average Bonchev–Trinajstić information content (AvgIpc) is 2.88. The van der Waals surface area contributed by atoms with Crippen molar-refractivity contribution in [3.05, 3.63) is 11.8 Å². The van der Waals surface area contributed by atoms with Crippen molar-refractivity contribution in [1.29, 1.82) is 0 Å². The minimum Gasteiger partial charge on any atom is -0.383 e. The zero-order valence-corrected chi connectivity index (χ0v) is 13.6. The lowest BCUT2D eigenvalue weighted by atomic mass is 10.2. The van der Waals surface area contributed by atoms with Gasteiger partial charge in [-0.1, -0.05) is 24.9 Å². The molecule has 0 saturated heterocycles. The predicted molar refractivity (Wildman–Crippen MR) is 82.5 cm³/mol. The molecule has 1 aromatic rings. The van der Waals surface area contributed by atoms with Gasteiger partial charge in [-0.25, -0.2) is 0 Å². The quantitative estimate of drug-likeness (QED) is 0.668. The minimum atomic E-state index is -0.298. The van der Waals surface area contributed by atoms with E-state index in [4.69, 9.17) is 9.26 Å². The molecule has 124 valence electrons. The Morgan fingerprint density at radius 3 is 2.77 bits per heavy atom. The van der Waals surface area contributed by atoms with Crippen LogP contribution in [0, 0.1) is 6.92 Å². The number of hydrogen-bond donors (Lipinski definition) is 1. The van der Waals surface area contributed by atoms with Crippen LogP contribution < -0.4 is 5.32 Å². The molecule has 0 unspecified atom stereocenters. The molecule has 7 nitrogen and oxygen atoms in total. The monoisotopic (exact) mass is 311 g/mol. The first-order valence-corrected chi connectivity index (χ1v) is 7.56. The highest BCUT2D eigenvalue weighted by Gasteiger charge is 2.17. The summed E-state index contributed by atoms with van der Waals surface area (Å²) in [7, 11) is 1.57. The number of carbonyl (C=O) groups is 2. The smallest absolute Gasteiger partial charge is 0.245 e. The highest BCUT2D eigenvalue weighted by molar-refractivity contribution is 5.93. The Hall–Kier alpha value is -1.89. The number of amides is 2. The maximum Gasteiger partial charge on any atom is 0.245 e. The fourth-order valence-corrected chi connectivity index (χ4v) is 1.96. The summed E-state index contributed by atoms with van der Waals surface area (Å²) in [4.78, 5) is 25.7. The molecule has 0 radical (unpaired) electrons. The number of carbonyl (C=O) groups excluding carboxylic acids is 2. The third-order valence-corrected chi connectivity index (χ3v) is 3.14. The number of anilines is 1. The molecule has 0 bridgehead atoms. The number of methoxy groups -OCH3 is 1. The van der Waals surface area contributed by atoms with E-state index >= 15 is 0 Å². The molecule has 0 fully saturated rings. The first kappa shape index (κ1) is 18.2. The Bertz CT molecular complexity index is 473. The van der Waals surface area contributed by atoms with Gasteiger partial charge in [0.25, 0.3) is 0 Å². The molecule has 1 heterocycles. The Balaban J connectivity index is 2.51. The van der Waals surface area contributed by atoms with Crippen LogP contribution in [0.25, 0.3) is 0 Å². The van der Waals surface area contributed by atoms with Crippen molar-refractivity contribution in [2.24, 2.45) is 0 Å². The summed E-state index contributed by atoms with van der Waals surface area (Å²) < 4.78 is 9.88. The van der Waals surface area contributed by atoms with Crippen molar-refractivity contribution in [3.8, 4) is 0 Å². The van der Waals surface area contributed by atoms with Crippen molar-refractivity contribution in [1.82, 2.24) is 10.1 Å². The topological polar surface area (TPSA) is 84.7 Å². The van der Waals surface area contributed by atoms with Crippen LogP contribution in [0.5, 0.6) is 0 Å². The van der Waals surface area contributed by atoms with Gasteiger partial charge < -0.3 is 19.5 Å². The van der Waals surface area contributed by atoms with Gasteiger partial charge in [-0.05, 0) is 13.3 Å². The van der Waals surface area contributed by atoms with Crippen LogP contribution in [0.4, 0.5) is 5.82 Å². The van der Waals surface area contributed by atoms with E-state index in [1.807, 2.05) is 0 Å². The third kappa shape index (κ3) is 6.71. The third-order valence-electron chi connectivity index (χ3n) is 3.14. The lowest BCUT2D eigenvalue weighted by molar-refractivity contribution is -0.135. The van der Waals surface area contributed by atoms with Crippen LogP contribution in [0.2, 0.25) is 0 Å². The molecular weight excluding hydrogens is 286 g/mol. The first-order chi connectivity index (χ1) is 10.6. The van der Waals surface area contributed by atoms with Crippen molar-refractivity contribution in [2.45, 2.75) is 39.5 Å². The second kappa shape index (κ2) is 9.94. The number of aromatic nitrogens is 1. The zero-order chi connectivity index (χ0) is 16.4. The molecule has 1 rings (SSSR count). The molecule has 0 aromatic carbocycles. The predicted octanol–water partition coefficient (Wildman–Crippen LogP) is 1.98. The van der Waals surface area contributed by atoms with Gasteiger partial charge in [0.15, 0.2) is 5.82 Å². The molecule has 1 N–H and O–H groups in total. The van der Waals surface area contributed by atoms with E-state index in [0.29, 0.717) is 31.2 Å². The summed E-state index contributed by atoms with van der Waals surface area (Å²) >= 11 is 0. The van der Waals surface area contributed by atoms with E-state index in [1.54, 1.807) is 20.1 Å². The van der Waals surface area contributed by atoms with Crippen molar-refractivity contribution in [2.75, 3.05) is 32.1 Å². The van der Waals surface area contributed by atoms with Crippen LogP contribution in [0.3, 0.4) is 0 Å². The number of nitrogens with zero attached hydrogens (tertiary/aromatic N) is 2. The number of nitrogens with one attached hydrogen (secondary N) is 1. The van der Waals surface area contributed by atoms with Gasteiger partial charge in [-0.15, -0.1) is 0 Å². The van der Waals surface area contributed by atoms with Gasteiger partial charge in [0.05, 0.1) is 13.2 Å². The fraction of sp³-hybridized carbons (Fsp3) is 0.667. The average molecular weight is 311 g/mol. The lowest BCUT2D eigenvalue weighted by Crippen LogP contribution is -2.39. The van der Waals surface area contributed by atoms with E-state index in [9.17, 15) is 9.59 Å². The minimum absolute atomic E-state index is 0.0137. The van der Waals surface area contributed by atoms with Crippen LogP contribution in [-0.4, -0.2) is 48.7 Å². The maximum atomic E-state index is 12.2. The molecule has 0 aliphatic rings. The van der Waals surface area contributed by atoms with Crippen LogP contribution in [0.1, 0.15) is 38.4 Å². The molecule has 0 saturated carbocycles. The van der Waals surface area contributed by atoms with E-state index in [0.717, 1.165) is 19.3 Å². The summed E-state index contributed by atoms with van der Waals surface area (Å²) in [6.45, 7) is 4.61. The lowest BCUT2D eigenvalue weighted by Gasteiger charge is -2.21. The molecule has 2 amide bonds. The number of hydrogen-bond acceptors (Lipinski definition) is 5. The first-order valence-electron chi connectivity index (χ1n) is 7.56. The Kier molecular flexibility index (Phi) is 8.21. The van der Waals surface area contributed by atoms with Crippen LogP contribution >= 0.6 is 0 Å². The summed E-state index contributed by atoms with van der Waals surface area (Å²) in [5, 5.41) is 6.31. The molecule has 1 aromatic heterocycles. The largest absolute Gasteiger partial charge is 0.383 e. The standard InChI is InChI=1S/C15H25N3O4/c1-4-5-6-7-15(20)18(8-9-21-3)11-14(19)16-13-10-12(2)22-17-13/h10H,4-9,11H2,1-3H3,(H,16,17,19). The SMILES string of the molecule is CCCCCC(=O)N(CCOC)CC(=O)Nc1cc(C)on1. The van der Waals surface area contributed by atoms with Crippen molar-refractivity contribution < 1.29 is 18.8 Å². The molecule has 22 heavy (non-hydrogen) atoms. The van der Waals surface area contributed by atoms with E-state index in [-0.39, 0.29) is 18.4 Å². The van der Waals surface area contributed by atoms with E-state index in [2.05, 4.69) is 17.4 Å². The second-order valence-corrected chi connectivity index (χ2v) is 5.14. The summed E-state index contributed by atoms with van der Waals surface area (Å²) in [5.41, 5.74) is 0. The highest BCUT2D eigenvalue weighted by Crippen LogP contribution is 2.08. The summed E-state index contributed by atoms with van der Waals surface area (Å²) in [5.74, 6) is 0.639. The van der Waals surface area contributed by atoms with Crippen molar-refractivity contribution in [3.63, 3.8) is 0 Å². The molecule has 0 aliphatic heterocycles. The number of ether oxygens (including phenoxy) is 1. The van der Waals surface area contributed by atoms with Crippen LogP contribution in [-0.2, 0) is 14.3 Å². The van der Waals surface area contributed by atoms with Gasteiger partial charge in [-0.2, -0.15) is 0 Å². The molecule has 0 aliphatic carbocycles. The molecular formula is C15H25N3O4. The van der Waals surface area contributed by atoms with Crippen molar-refractivity contribution >= 4 is 17.6 Å². The summed E-state index contributed by atoms with van der Waals surface area (Å²) in [6.07, 6.45) is 3.35. The maximum absolute atomic E-state index is 12.2. The summed E-state index contributed by atoms with van der Waals surface area (Å²) in [6, 6.07) is 1.63. The normalized spacial score (nSPS) is 10.5. The van der Waals surface area contributed by atoms with Gasteiger partial charge in [0.2, 0.25) is 11.8 Å². The Labute approximate surface area is 131 Å². The van der Waals surface area contributed by atoms with E-state index in [1.165, 1.54) is 4.90 Å². The van der Waals surface area contributed by atoms with Gasteiger partial charge in [0, 0.05) is 26.1 Å². The molecule has 0 spiro atoms. The Morgan fingerprint density at radius 1 is 1.41 bits per heavy atom. The second-order valence-electron chi connectivity index (χ2n) is 5.14. The number of aryl methyl sites for hydroxylation is 1. The van der Waals surface area contributed by atoms with Gasteiger partial charge in [0.1, 0.15) is 5.76 Å². The molecule has 0 atom stereocenters. The number of unbranched alkanes of at least 4 members (excludes halogenated alkanes) is 2. The van der Waals surface area contributed by atoms with E-state index < -0.39 is 0 Å². The fourth-order valence-electron chi connectivity index (χ4n) is 1.96. The van der Waals surface area contributed by atoms with Gasteiger partial charge >= 0.3 is 0 Å². The van der Waals surface area contributed by atoms with Gasteiger partial charge in [-0.3, -0.25) is 9.59 Å².